The van der Waals surface area contributed by atoms with Gasteiger partial charge in [0.1, 0.15) is 13.2 Å². The molecule has 0 radical (unpaired) electrons. The van der Waals surface area contributed by atoms with E-state index in [0.717, 1.165) is 5.56 Å². The number of anilines is 1. The fraction of sp³-hybridized carbons (Fsp3) is 0.250. The van der Waals surface area contributed by atoms with Crippen LogP contribution in [0, 0.1) is 0 Å². The first-order valence-corrected chi connectivity index (χ1v) is 8.80. The average molecular weight is 384 g/mol. The highest BCUT2D eigenvalue weighted by Crippen LogP contribution is 2.30. The molecule has 0 aromatic heterocycles. The van der Waals surface area contributed by atoms with E-state index in [1.807, 2.05) is 6.07 Å². The molecule has 0 spiro atoms. The van der Waals surface area contributed by atoms with Crippen LogP contribution in [0.2, 0.25) is 0 Å². The van der Waals surface area contributed by atoms with Crippen LogP contribution in [0.3, 0.4) is 0 Å². The quantitative estimate of drug-likeness (QED) is 0.671. The van der Waals surface area contributed by atoms with E-state index < -0.39 is 5.97 Å². The molecule has 8 nitrogen and oxygen atoms in total. The van der Waals surface area contributed by atoms with Gasteiger partial charge in [-0.1, -0.05) is 6.07 Å². The van der Waals surface area contributed by atoms with Crippen LogP contribution in [0.25, 0.3) is 0 Å². The Balaban J connectivity index is 1.53. The van der Waals surface area contributed by atoms with Gasteiger partial charge in [0.25, 0.3) is 5.91 Å². The molecule has 2 amide bonds. The summed E-state index contributed by atoms with van der Waals surface area (Å²) < 4.78 is 11.0. The molecule has 1 aliphatic heterocycles. The summed E-state index contributed by atoms with van der Waals surface area (Å²) in [5, 5.41) is 13.9. The molecule has 1 heterocycles. The van der Waals surface area contributed by atoms with Gasteiger partial charge in [0.15, 0.2) is 11.5 Å². The molecule has 3 N–H and O–H groups in total. The highest BCUT2D eigenvalue weighted by atomic mass is 16.6. The lowest BCUT2D eigenvalue weighted by Crippen LogP contribution is -2.26. The van der Waals surface area contributed by atoms with E-state index >= 15 is 0 Å². The summed E-state index contributed by atoms with van der Waals surface area (Å²) in [4.78, 5) is 34.6. The molecular weight excluding hydrogens is 364 g/mol. The number of hydrogen-bond donors (Lipinski definition) is 3. The zero-order chi connectivity index (χ0) is 19.9. The van der Waals surface area contributed by atoms with Crippen molar-refractivity contribution in [1.29, 1.82) is 0 Å². The molecule has 3 rings (SSSR count). The molecule has 0 saturated carbocycles. The van der Waals surface area contributed by atoms with Crippen molar-refractivity contribution in [1.82, 2.24) is 5.32 Å². The predicted octanol–water partition coefficient (Wildman–Crippen LogP) is 1.84. The summed E-state index contributed by atoms with van der Waals surface area (Å²) >= 11 is 0. The van der Waals surface area contributed by atoms with E-state index in [2.05, 4.69) is 10.6 Å². The fourth-order valence-electron chi connectivity index (χ4n) is 2.68. The summed E-state index contributed by atoms with van der Waals surface area (Å²) in [6.07, 6.45) is 0.0355. The van der Waals surface area contributed by atoms with Crippen LogP contribution in [0.15, 0.2) is 42.5 Å². The number of aliphatic carboxylic acids is 1. The summed E-state index contributed by atoms with van der Waals surface area (Å²) in [6, 6.07) is 11.8. The minimum Gasteiger partial charge on any atom is -0.486 e. The molecule has 2 aromatic rings. The standard InChI is InChI=1S/C20H20N2O6/c23-18(12-13-1-6-16-17(11-13)28-10-9-27-16)22-15-4-2-14(3-5-15)20(26)21-8-7-19(24)25/h1-6,11H,7-10,12H2,(H,21,26)(H,22,23)(H,24,25). The first kappa shape index (κ1) is 19.2. The molecule has 146 valence electrons. The van der Waals surface area contributed by atoms with E-state index in [9.17, 15) is 14.4 Å². The lowest BCUT2D eigenvalue weighted by Gasteiger charge is -2.18. The van der Waals surface area contributed by atoms with E-state index in [1.54, 1.807) is 36.4 Å². The van der Waals surface area contributed by atoms with Crippen molar-refractivity contribution in [3.63, 3.8) is 0 Å². The SMILES string of the molecule is O=C(O)CCNC(=O)c1ccc(NC(=O)Cc2ccc3c(c2)OCCO3)cc1. The number of ether oxygens (including phenoxy) is 2. The predicted molar refractivity (Wildman–Crippen MR) is 101 cm³/mol. The number of carboxylic acids is 1. The Morgan fingerprint density at radius 3 is 2.39 bits per heavy atom. The first-order chi connectivity index (χ1) is 13.5. The van der Waals surface area contributed by atoms with Crippen molar-refractivity contribution in [2.45, 2.75) is 12.8 Å². The molecule has 0 atom stereocenters. The fourth-order valence-corrected chi connectivity index (χ4v) is 2.68. The summed E-state index contributed by atoms with van der Waals surface area (Å²) in [7, 11) is 0. The van der Waals surface area contributed by atoms with Gasteiger partial charge in [0.2, 0.25) is 5.91 Å². The highest BCUT2D eigenvalue weighted by molar-refractivity contribution is 5.96. The van der Waals surface area contributed by atoms with Crippen molar-refractivity contribution >= 4 is 23.5 Å². The van der Waals surface area contributed by atoms with Gasteiger partial charge in [-0.05, 0) is 42.0 Å². The maximum atomic E-state index is 12.3. The summed E-state index contributed by atoms with van der Waals surface area (Å²) in [6.45, 7) is 1.06. The van der Waals surface area contributed by atoms with E-state index in [0.29, 0.717) is 36.0 Å². The van der Waals surface area contributed by atoms with Gasteiger partial charge in [-0.3, -0.25) is 14.4 Å². The number of carbonyl (C=O) groups excluding carboxylic acids is 2. The average Bonchev–Trinajstić information content (AvgIpc) is 2.68. The Kier molecular flexibility index (Phi) is 6.11. The van der Waals surface area contributed by atoms with Crippen LogP contribution >= 0.6 is 0 Å². The van der Waals surface area contributed by atoms with Crippen molar-refractivity contribution < 1.29 is 29.0 Å². The Morgan fingerprint density at radius 1 is 0.964 bits per heavy atom. The molecular formula is C20H20N2O6. The molecule has 0 saturated heterocycles. The van der Waals surface area contributed by atoms with Gasteiger partial charge in [-0.25, -0.2) is 0 Å². The third-order valence-corrected chi connectivity index (χ3v) is 4.03. The minimum atomic E-state index is -0.976. The topological polar surface area (TPSA) is 114 Å². The second kappa shape index (κ2) is 8.90. The van der Waals surface area contributed by atoms with Gasteiger partial charge in [0, 0.05) is 17.8 Å². The summed E-state index contributed by atoms with van der Waals surface area (Å²) in [5.74, 6) is -0.232. The zero-order valence-electron chi connectivity index (χ0n) is 15.1. The van der Waals surface area contributed by atoms with Crippen LogP contribution in [-0.4, -0.2) is 42.6 Å². The van der Waals surface area contributed by atoms with Crippen LogP contribution in [0.1, 0.15) is 22.3 Å². The van der Waals surface area contributed by atoms with Gasteiger partial charge in [-0.2, -0.15) is 0 Å². The van der Waals surface area contributed by atoms with Crippen molar-refractivity contribution in [3.05, 3.63) is 53.6 Å². The van der Waals surface area contributed by atoms with Gasteiger partial charge in [0.05, 0.1) is 12.8 Å². The molecule has 0 fully saturated rings. The smallest absolute Gasteiger partial charge is 0.305 e. The molecule has 0 unspecified atom stereocenters. The normalized spacial score (nSPS) is 12.1. The van der Waals surface area contributed by atoms with Crippen molar-refractivity contribution in [2.75, 3.05) is 25.1 Å². The van der Waals surface area contributed by atoms with Crippen LogP contribution in [0.4, 0.5) is 5.69 Å². The largest absolute Gasteiger partial charge is 0.486 e. The number of carboxylic acid groups (broad SMARTS) is 1. The number of nitrogens with one attached hydrogen (secondary N) is 2. The zero-order valence-corrected chi connectivity index (χ0v) is 15.1. The number of amides is 2. The second-order valence-corrected chi connectivity index (χ2v) is 6.18. The van der Waals surface area contributed by atoms with Crippen LogP contribution < -0.4 is 20.1 Å². The number of fused-ring (bicyclic) bond motifs is 1. The lowest BCUT2D eigenvalue weighted by molar-refractivity contribution is -0.136. The Labute approximate surface area is 161 Å². The van der Waals surface area contributed by atoms with E-state index in [1.165, 1.54) is 0 Å². The Morgan fingerprint density at radius 2 is 1.68 bits per heavy atom. The maximum absolute atomic E-state index is 12.3. The van der Waals surface area contributed by atoms with Crippen LogP contribution in [-0.2, 0) is 16.0 Å². The monoisotopic (exact) mass is 384 g/mol. The third kappa shape index (κ3) is 5.23. The Bertz CT molecular complexity index is 879. The maximum Gasteiger partial charge on any atom is 0.305 e. The Hall–Kier alpha value is -3.55. The van der Waals surface area contributed by atoms with Crippen molar-refractivity contribution in [3.8, 4) is 11.5 Å². The highest BCUT2D eigenvalue weighted by Gasteiger charge is 2.13. The van der Waals surface area contributed by atoms with E-state index in [-0.39, 0.29) is 31.2 Å². The minimum absolute atomic E-state index is 0.0577. The lowest BCUT2D eigenvalue weighted by atomic mass is 10.1. The summed E-state index contributed by atoms with van der Waals surface area (Å²) in [5.41, 5.74) is 1.75. The van der Waals surface area contributed by atoms with Gasteiger partial charge >= 0.3 is 5.97 Å². The van der Waals surface area contributed by atoms with Gasteiger partial charge in [-0.15, -0.1) is 0 Å². The number of carbonyl (C=O) groups is 3. The first-order valence-electron chi connectivity index (χ1n) is 8.80. The molecule has 28 heavy (non-hydrogen) atoms. The molecule has 1 aliphatic rings. The molecule has 0 aliphatic carbocycles. The van der Waals surface area contributed by atoms with E-state index in [4.69, 9.17) is 14.6 Å². The molecule has 2 aromatic carbocycles. The number of rotatable bonds is 7. The second-order valence-electron chi connectivity index (χ2n) is 6.18. The molecule has 8 heteroatoms. The molecule has 0 bridgehead atoms. The van der Waals surface area contributed by atoms with Crippen molar-refractivity contribution in [2.24, 2.45) is 0 Å². The van der Waals surface area contributed by atoms with Crippen LogP contribution in [0.5, 0.6) is 11.5 Å². The third-order valence-electron chi connectivity index (χ3n) is 4.03. The number of hydrogen-bond acceptors (Lipinski definition) is 5. The number of benzene rings is 2. The van der Waals surface area contributed by atoms with Gasteiger partial charge < -0.3 is 25.2 Å².